The summed E-state index contributed by atoms with van der Waals surface area (Å²) < 4.78 is 2.86. The molecule has 10 nitrogen and oxygen atoms in total. The molecule has 4 heterocycles. The number of aromatic amines is 1. The zero-order valence-electron chi connectivity index (χ0n) is 16.1. The van der Waals surface area contributed by atoms with E-state index in [4.69, 9.17) is 0 Å². The van der Waals surface area contributed by atoms with Crippen molar-refractivity contribution >= 4 is 11.6 Å². The molecule has 1 N–H and O–H groups in total. The van der Waals surface area contributed by atoms with Crippen molar-refractivity contribution in [2.45, 2.75) is 13.8 Å². The topological polar surface area (TPSA) is 105 Å². The average molecular weight is 382 g/mol. The van der Waals surface area contributed by atoms with Gasteiger partial charge in [0.05, 0.1) is 5.69 Å². The van der Waals surface area contributed by atoms with Crippen molar-refractivity contribution in [1.29, 1.82) is 0 Å². The highest BCUT2D eigenvalue weighted by molar-refractivity contribution is 5.47. The first-order valence-electron chi connectivity index (χ1n) is 9.08. The molecular weight excluding hydrogens is 360 g/mol. The highest BCUT2D eigenvalue weighted by Crippen LogP contribution is 2.18. The summed E-state index contributed by atoms with van der Waals surface area (Å²) in [6.45, 7) is 6.71. The molecule has 10 heteroatoms. The minimum atomic E-state index is -0.407. The van der Waals surface area contributed by atoms with Crippen LogP contribution in [0.15, 0.2) is 34.1 Å². The van der Waals surface area contributed by atoms with Gasteiger partial charge in [0.15, 0.2) is 5.82 Å². The fourth-order valence-corrected chi connectivity index (χ4v) is 3.38. The van der Waals surface area contributed by atoms with Crippen molar-refractivity contribution in [1.82, 2.24) is 29.3 Å². The maximum Gasteiger partial charge on any atom is 0.329 e. The summed E-state index contributed by atoms with van der Waals surface area (Å²) >= 11 is 0. The largest absolute Gasteiger partial charge is 0.354 e. The predicted octanol–water partition coefficient (Wildman–Crippen LogP) is -0.00726. The molecular formula is C18H22N8O2. The molecule has 0 aliphatic carbocycles. The number of piperazine rings is 1. The van der Waals surface area contributed by atoms with Gasteiger partial charge in [0.25, 0.3) is 5.56 Å². The van der Waals surface area contributed by atoms with Crippen LogP contribution in [0.4, 0.5) is 11.6 Å². The molecule has 0 amide bonds. The number of anilines is 2. The molecule has 146 valence electrons. The number of hydrogen-bond acceptors (Lipinski definition) is 7. The molecule has 1 saturated heterocycles. The lowest BCUT2D eigenvalue weighted by Crippen LogP contribution is -2.48. The van der Waals surface area contributed by atoms with Crippen LogP contribution < -0.4 is 21.0 Å². The molecule has 28 heavy (non-hydrogen) atoms. The lowest BCUT2D eigenvalue weighted by atomic mass is 10.3. The molecule has 3 aromatic rings. The second-order valence-electron chi connectivity index (χ2n) is 6.90. The summed E-state index contributed by atoms with van der Waals surface area (Å²) in [7, 11) is 1.46. The quantitative estimate of drug-likeness (QED) is 0.679. The third-order valence-corrected chi connectivity index (χ3v) is 4.94. The molecule has 0 bridgehead atoms. The lowest BCUT2D eigenvalue weighted by Gasteiger charge is -2.36. The molecule has 0 saturated carbocycles. The zero-order chi connectivity index (χ0) is 19.8. The van der Waals surface area contributed by atoms with Gasteiger partial charge in [-0.3, -0.25) is 14.3 Å². The summed E-state index contributed by atoms with van der Waals surface area (Å²) in [6.07, 6.45) is 1.55. The predicted molar refractivity (Wildman–Crippen MR) is 105 cm³/mol. The molecule has 1 aliphatic rings. The van der Waals surface area contributed by atoms with Crippen molar-refractivity contribution in [3.63, 3.8) is 0 Å². The number of aryl methyl sites for hydroxylation is 2. The van der Waals surface area contributed by atoms with Gasteiger partial charge in [-0.25, -0.2) is 19.4 Å². The van der Waals surface area contributed by atoms with Crippen molar-refractivity contribution in [3.8, 4) is 5.82 Å². The van der Waals surface area contributed by atoms with E-state index in [2.05, 4.69) is 25.0 Å². The third kappa shape index (κ3) is 3.28. The van der Waals surface area contributed by atoms with Crippen LogP contribution in [0.3, 0.4) is 0 Å². The van der Waals surface area contributed by atoms with E-state index >= 15 is 0 Å². The van der Waals surface area contributed by atoms with Gasteiger partial charge in [-0.1, -0.05) is 0 Å². The van der Waals surface area contributed by atoms with Crippen molar-refractivity contribution < 1.29 is 0 Å². The van der Waals surface area contributed by atoms with Gasteiger partial charge < -0.3 is 9.80 Å². The molecule has 1 fully saturated rings. The Kier molecular flexibility index (Phi) is 4.46. The van der Waals surface area contributed by atoms with Crippen LogP contribution in [-0.2, 0) is 7.05 Å². The Morgan fingerprint density at radius 1 is 0.929 bits per heavy atom. The van der Waals surface area contributed by atoms with Crippen LogP contribution in [0, 0.1) is 13.8 Å². The minimum absolute atomic E-state index is 0.313. The molecule has 0 atom stereocenters. The number of H-pyrrole nitrogens is 1. The van der Waals surface area contributed by atoms with E-state index in [1.54, 1.807) is 11.0 Å². The smallest absolute Gasteiger partial charge is 0.329 e. The van der Waals surface area contributed by atoms with Crippen LogP contribution in [-0.4, -0.2) is 55.5 Å². The molecule has 0 spiro atoms. The van der Waals surface area contributed by atoms with E-state index < -0.39 is 5.69 Å². The average Bonchev–Trinajstić information content (AvgIpc) is 3.04. The molecule has 4 rings (SSSR count). The Labute approximate surface area is 161 Å². The fourth-order valence-electron chi connectivity index (χ4n) is 3.38. The van der Waals surface area contributed by atoms with Gasteiger partial charge in [0.1, 0.15) is 18.0 Å². The number of rotatable bonds is 3. The summed E-state index contributed by atoms with van der Waals surface area (Å²) in [6, 6.07) is 5.39. The zero-order valence-corrected chi connectivity index (χ0v) is 16.1. The second-order valence-corrected chi connectivity index (χ2v) is 6.90. The number of hydrogen-bond donors (Lipinski definition) is 1. The van der Waals surface area contributed by atoms with Gasteiger partial charge >= 0.3 is 5.69 Å². The van der Waals surface area contributed by atoms with Crippen molar-refractivity contribution in [2.75, 3.05) is 36.0 Å². The standard InChI is InChI=1S/C18H22N8O2/c1-12-8-13(2)26(22-12)15-9-14(19-11-20-15)24-4-6-25(7-5-24)16-10-17(27)23(3)18(28)21-16/h8-11H,4-7H2,1-3H3,(H,21,28). The summed E-state index contributed by atoms with van der Waals surface area (Å²) in [5, 5.41) is 4.48. The van der Waals surface area contributed by atoms with E-state index in [9.17, 15) is 9.59 Å². The Morgan fingerprint density at radius 2 is 1.61 bits per heavy atom. The first kappa shape index (κ1) is 18.0. The monoisotopic (exact) mass is 382 g/mol. The van der Waals surface area contributed by atoms with E-state index in [1.807, 2.05) is 30.9 Å². The fraction of sp³-hybridized carbons (Fsp3) is 0.389. The van der Waals surface area contributed by atoms with Crippen molar-refractivity contribution in [2.24, 2.45) is 7.05 Å². The lowest BCUT2D eigenvalue weighted by molar-refractivity contribution is 0.633. The summed E-state index contributed by atoms with van der Waals surface area (Å²) in [5.74, 6) is 2.11. The van der Waals surface area contributed by atoms with E-state index in [-0.39, 0.29) is 5.56 Å². The summed E-state index contributed by atoms with van der Waals surface area (Å²) in [4.78, 5) is 39.4. The van der Waals surface area contributed by atoms with Gasteiger partial charge in [-0.15, -0.1) is 0 Å². The number of nitrogens with zero attached hydrogens (tertiary/aromatic N) is 7. The molecule has 3 aromatic heterocycles. The highest BCUT2D eigenvalue weighted by Gasteiger charge is 2.20. The van der Waals surface area contributed by atoms with Crippen molar-refractivity contribution in [3.05, 3.63) is 56.8 Å². The number of nitrogens with one attached hydrogen (secondary N) is 1. The molecule has 0 unspecified atom stereocenters. The first-order valence-corrected chi connectivity index (χ1v) is 9.08. The van der Waals surface area contributed by atoms with Crippen LogP contribution in [0.5, 0.6) is 0 Å². The molecule has 1 aliphatic heterocycles. The third-order valence-electron chi connectivity index (χ3n) is 4.94. The maximum atomic E-state index is 11.9. The number of aromatic nitrogens is 6. The highest BCUT2D eigenvalue weighted by atomic mass is 16.2. The normalized spacial score (nSPS) is 14.5. The van der Waals surface area contributed by atoms with Crippen LogP contribution in [0.1, 0.15) is 11.4 Å². The van der Waals surface area contributed by atoms with Gasteiger partial charge in [-0.05, 0) is 19.9 Å². The van der Waals surface area contributed by atoms with E-state index in [0.29, 0.717) is 32.0 Å². The van der Waals surface area contributed by atoms with Crippen LogP contribution in [0.2, 0.25) is 0 Å². The Morgan fingerprint density at radius 3 is 2.25 bits per heavy atom. The van der Waals surface area contributed by atoms with Gasteiger partial charge in [-0.2, -0.15) is 5.10 Å². The van der Waals surface area contributed by atoms with Crippen LogP contribution in [0.25, 0.3) is 5.82 Å². The summed E-state index contributed by atoms with van der Waals surface area (Å²) in [5.41, 5.74) is 1.23. The Balaban J connectivity index is 1.51. The van der Waals surface area contributed by atoms with E-state index in [1.165, 1.54) is 13.1 Å². The SMILES string of the molecule is Cc1cc(C)n(-c2cc(N3CCN(c4cc(=O)n(C)c(=O)[nH]4)CC3)ncn2)n1. The second kappa shape index (κ2) is 6.95. The molecule has 0 radical (unpaired) electrons. The Hall–Kier alpha value is -3.43. The van der Waals surface area contributed by atoms with Gasteiger partial charge in [0, 0.05) is 51.1 Å². The van der Waals surface area contributed by atoms with Gasteiger partial charge in [0.2, 0.25) is 0 Å². The van der Waals surface area contributed by atoms with Crippen LogP contribution >= 0.6 is 0 Å². The van der Waals surface area contributed by atoms with E-state index in [0.717, 1.165) is 27.6 Å². The molecule has 0 aromatic carbocycles. The maximum absolute atomic E-state index is 11.9. The Bertz CT molecular complexity index is 1090. The minimum Gasteiger partial charge on any atom is -0.354 e. The first-order chi connectivity index (χ1) is 13.4.